The summed E-state index contributed by atoms with van der Waals surface area (Å²) >= 11 is 0. The summed E-state index contributed by atoms with van der Waals surface area (Å²) in [4.78, 5) is 29.2. The van der Waals surface area contributed by atoms with Crippen molar-refractivity contribution in [2.45, 2.75) is 0 Å². The van der Waals surface area contributed by atoms with Crippen molar-refractivity contribution >= 4 is 17.8 Å². The summed E-state index contributed by atoms with van der Waals surface area (Å²) in [5.74, 6) is -0.368. The largest absolute Gasteiger partial charge is 0.378 e. The summed E-state index contributed by atoms with van der Waals surface area (Å²) in [6.45, 7) is 2.55. The molecular weight excluding hydrogens is 322 g/mol. The van der Waals surface area contributed by atoms with Crippen LogP contribution in [0.1, 0.15) is 16.1 Å². The molecule has 2 N–H and O–H groups in total. The van der Waals surface area contributed by atoms with Gasteiger partial charge in [0.1, 0.15) is 0 Å². The molecule has 1 saturated heterocycles. The van der Waals surface area contributed by atoms with Crippen LogP contribution in [0.15, 0.2) is 34.2 Å². The molecule has 0 bridgehead atoms. The molecule has 2 aromatic rings. The van der Waals surface area contributed by atoms with E-state index >= 15 is 0 Å². The van der Waals surface area contributed by atoms with E-state index in [-0.39, 0.29) is 11.6 Å². The van der Waals surface area contributed by atoms with Gasteiger partial charge in [-0.15, -0.1) is 9.89 Å². The Kier molecular flexibility index (Phi) is 4.94. The molecule has 9 nitrogen and oxygen atoms in total. The number of hydrogen-bond acceptors (Lipinski definition) is 6. The van der Waals surface area contributed by atoms with Gasteiger partial charge in [-0.1, -0.05) is 12.1 Å². The zero-order valence-corrected chi connectivity index (χ0v) is 14.3. The second-order valence-corrected chi connectivity index (χ2v) is 5.95. The van der Waals surface area contributed by atoms with Gasteiger partial charge in [0.25, 0.3) is 5.91 Å². The molecule has 132 valence electrons. The number of H-pyrrole nitrogens is 1. The van der Waals surface area contributed by atoms with E-state index in [1.807, 2.05) is 43.3 Å². The first-order chi connectivity index (χ1) is 12.1. The molecule has 0 radical (unpaired) electrons. The smallest absolute Gasteiger partial charge is 0.320 e. The van der Waals surface area contributed by atoms with Crippen molar-refractivity contribution in [1.29, 1.82) is 0 Å². The number of piperazine rings is 1. The summed E-state index contributed by atoms with van der Waals surface area (Å²) in [7, 11) is 3.92. The second kappa shape index (κ2) is 7.31. The van der Waals surface area contributed by atoms with Crippen LogP contribution in [-0.2, 0) is 0 Å². The summed E-state index contributed by atoms with van der Waals surface area (Å²) in [5.41, 5.74) is 1.22. The molecule has 25 heavy (non-hydrogen) atoms. The Morgan fingerprint density at radius 3 is 2.56 bits per heavy atom. The highest BCUT2D eigenvalue weighted by molar-refractivity contribution is 5.92. The molecular formula is C16H21N7O2. The Morgan fingerprint density at radius 1 is 1.24 bits per heavy atom. The van der Waals surface area contributed by atoms with Gasteiger partial charge in [-0.3, -0.25) is 9.59 Å². The van der Waals surface area contributed by atoms with E-state index in [9.17, 15) is 9.59 Å². The van der Waals surface area contributed by atoms with Crippen molar-refractivity contribution in [3.8, 4) is 0 Å². The van der Waals surface area contributed by atoms with Gasteiger partial charge in [-0.25, -0.2) is 0 Å². The zero-order valence-electron chi connectivity index (χ0n) is 14.3. The van der Waals surface area contributed by atoms with Gasteiger partial charge < -0.3 is 15.1 Å². The number of aromatic nitrogens is 3. The second-order valence-electron chi connectivity index (χ2n) is 5.95. The number of benzene rings is 1. The summed E-state index contributed by atoms with van der Waals surface area (Å²) in [6, 6.07) is 7.70. The van der Waals surface area contributed by atoms with Gasteiger partial charge in [0.2, 0.25) is 5.69 Å². The van der Waals surface area contributed by atoms with Gasteiger partial charge in [0, 0.05) is 46.0 Å². The van der Waals surface area contributed by atoms with E-state index < -0.39 is 5.56 Å². The maximum atomic E-state index is 12.4. The molecule has 0 atom stereocenters. The Labute approximate surface area is 144 Å². The van der Waals surface area contributed by atoms with E-state index in [1.165, 1.54) is 6.21 Å². The monoisotopic (exact) mass is 343 g/mol. The number of hydrogen-bond donors (Lipinski definition) is 2. The Morgan fingerprint density at radius 2 is 1.92 bits per heavy atom. The van der Waals surface area contributed by atoms with Gasteiger partial charge in [0.05, 0.1) is 6.21 Å². The van der Waals surface area contributed by atoms with Crippen LogP contribution in [0.3, 0.4) is 0 Å². The third-order valence-corrected chi connectivity index (χ3v) is 3.99. The lowest BCUT2D eigenvalue weighted by atomic mass is 10.2. The van der Waals surface area contributed by atoms with Crippen LogP contribution in [0, 0.1) is 0 Å². The Bertz CT molecular complexity index is 814. The van der Waals surface area contributed by atoms with E-state index in [4.69, 9.17) is 0 Å². The molecule has 0 spiro atoms. The third-order valence-electron chi connectivity index (χ3n) is 3.99. The molecule has 1 aromatic heterocycles. The number of rotatable bonds is 4. The highest BCUT2D eigenvalue weighted by atomic mass is 16.2. The Hall–Kier alpha value is -2.94. The molecule has 3 rings (SSSR count). The van der Waals surface area contributed by atoms with Crippen molar-refractivity contribution < 1.29 is 4.79 Å². The van der Waals surface area contributed by atoms with Crippen LogP contribution in [-0.4, -0.2) is 72.4 Å². The lowest BCUT2D eigenvalue weighted by molar-refractivity contribution is 0.0728. The van der Waals surface area contributed by atoms with E-state index in [1.54, 1.807) is 4.90 Å². The lowest BCUT2D eigenvalue weighted by Gasteiger charge is -2.26. The summed E-state index contributed by atoms with van der Waals surface area (Å²) < 4.78 is 0. The van der Waals surface area contributed by atoms with Crippen LogP contribution >= 0.6 is 0 Å². The molecule has 9 heteroatoms. The predicted molar refractivity (Wildman–Crippen MR) is 95.4 cm³/mol. The highest BCUT2D eigenvalue weighted by Crippen LogP contribution is 2.10. The average Bonchev–Trinajstić information content (AvgIpc) is 3.01. The Balaban J connectivity index is 1.74. The first kappa shape index (κ1) is 16.9. The van der Waals surface area contributed by atoms with Gasteiger partial charge >= 0.3 is 5.56 Å². The minimum absolute atomic E-state index is 0.137. The van der Waals surface area contributed by atoms with E-state index in [0.717, 1.165) is 16.0 Å². The van der Waals surface area contributed by atoms with Crippen LogP contribution < -0.4 is 15.8 Å². The number of amides is 1. The predicted octanol–water partition coefficient (Wildman–Crippen LogP) is -0.435. The molecule has 1 fully saturated rings. The van der Waals surface area contributed by atoms with E-state index in [0.29, 0.717) is 26.2 Å². The minimum atomic E-state index is -0.551. The summed E-state index contributed by atoms with van der Waals surface area (Å²) in [6.07, 6.45) is 1.54. The fourth-order valence-corrected chi connectivity index (χ4v) is 2.51. The first-order valence-corrected chi connectivity index (χ1v) is 8.05. The molecule has 2 heterocycles. The molecule has 1 amide bonds. The topological polar surface area (TPSA) is 98.6 Å². The molecule has 1 aliphatic heterocycles. The van der Waals surface area contributed by atoms with Crippen molar-refractivity contribution in [3.05, 3.63) is 45.9 Å². The number of carbonyl (C=O) groups is 1. The first-order valence-electron chi connectivity index (χ1n) is 8.05. The van der Waals surface area contributed by atoms with Gasteiger partial charge in [-0.05, 0) is 17.7 Å². The van der Waals surface area contributed by atoms with Crippen LogP contribution in [0.25, 0.3) is 0 Å². The van der Waals surface area contributed by atoms with Crippen molar-refractivity contribution in [2.24, 2.45) is 5.10 Å². The van der Waals surface area contributed by atoms with Crippen molar-refractivity contribution in [1.82, 2.24) is 25.3 Å². The minimum Gasteiger partial charge on any atom is -0.378 e. The molecule has 0 unspecified atom stereocenters. The fourth-order valence-electron chi connectivity index (χ4n) is 2.51. The lowest BCUT2D eigenvalue weighted by Crippen LogP contribution is -2.47. The molecule has 0 saturated carbocycles. The maximum Gasteiger partial charge on any atom is 0.320 e. The number of anilines is 1. The standard InChI is InChI=1S/C16H21N7O2/c1-21(2)13-5-3-12(4-6-13)11-18-23-16(25)14(19-20-23)15(24)22-9-7-17-8-10-22/h3-6,11,17,20H,7-10H2,1-2H3. The quantitative estimate of drug-likeness (QED) is 0.734. The van der Waals surface area contributed by atoms with Crippen molar-refractivity contribution in [2.75, 3.05) is 45.2 Å². The van der Waals surface area contributed by atoms with Gasteiger partial charge in [0.15, 0.2) is 0 Å². The summed E-state index contributed by atoms with van der Waals surface area (Å²) in [5, 5.41) is 13.5. The number of carbonyl (C=O) groups excluding carboxylic acids is 1. The average molecular weight is 343 g/mol. The van der Waals surface area contributed by atoms with Crippen LogP contribution in [0.4, 0.5) is 5.69 Å². The number of aromatic amines is 1. The molecule has 1 aromatic carbocycles. The normalized spacial score (nSPS) is 14.9. The number of nitrogens with one attached hydrogen (secondary N) is 2. The van der Waals surface area contributed by atoms with Crippen LogP contribution in [0.5, 0.6) is 0 Å². The van der Waals surface area contributed by atoms with Crippen molar-refractivity contribution in [3.63, 3.8) is 0 Å². The third kappa shape index (κ3) is 3.77. The molecule has 1 aliphatic rings. The van der Waals surface area contributed by atoms with Gasteiger partial charge in [-0.2, -0.15) is 10.3 Å². The maximum absolute atomic E-state index is 12.4. The number of nitrogens with zero attached hydrogens (tertiary/aromatic N) is 5. The van der Waals surface area contributed by atoms with E-state index in [2.05, 4.69) is 20.7 Å². The fraction of sp³-hybridized carbons (Fsp3) is 0.375. The van der Waals surface area contributed by atoms with Crippen LogP contribution in [0.2, 0.25) is 0 Å². The highest BCUT2D eigenvalue weighted by Gasteiger charge is 2.24. The zero-order chi connectivity index (χ0) is 17.8. The SMILES string of the molecule is CN(C)c1ccc(C=Nn2[nH]nc(C(=O)N3CCNCC3)c2=O)cc1. The molecule has 0 aliphatic carbocycles.